The van der Waals surface area contributed by atoms with Crippen molar-refractivity contribution in [2.24, 2.45) is 17.8 Å². The SMILES string of the molecule is COc1cc(C(=O)O)c(F)cc1NS(=O)(=O)c1csc(-c2ccc(-c3ccc(C4(C)CC5C[C@@H](C)C[C@@H](C5)C4)cc3)c(F)c2F)n1. The van der Waals surface area contributed by atoms with E-state index >= 15 is 8.78 Å². The highest BCUT2D eigenvalue weighted by atomic mass is 32.2. The molecule has 2 aliphatic rings. The first kappa shape index (κ1) is 32.1. The molecule has 2 fully saturated rings. The summed E-state index contributed by atoms with van der Waals surface area (Å²) in [5, 5.41) is 9.66. The van der Waals surface area contributed by atoms with Gasteiger partial charge in [-0.15, -0.1) is 11.3 Å². The number of hydrogen-bond acceptors (Lipinski definition) is 6. The summed E-state index contributed by atoms with van der Waals surface area (Å²) in [4.78, 5) is 15.2. The molecule has 7 nitrogen and oxygen atoms in total. The van der Waals surface area contributed by atoms with E-state index < -0.39 is 44.0 Å². The van der Waals surface area contributed by atoms with E-state index in [-0.39, 0.29) is 33.0 Å². The largest absolute Gasteiger partial charge is 0.495 e. The number of methoxy groups -OCH3 is 1. The number of thiazole rings is 1. The van der Waals surface area contributed by atoms with Gasteiger partial charge in [-0.2, -0.15) is 8.42 Å². The van der Waals surface area contributed by atoms with Gasteiger partial charge in [0.2, 0.25) is 0 Å². The molecular weight excluding hydrogens is 638 g/mol. The third-order valence-corrected chi connectivity index (χ3v) is 11.6. The second-order valence-electron chi connectivity index (χ2n) is 12.8. The van der Waals surface area contributed by atoms with Crippen molar-refractivity contribution in [3.8, 4) is 27.4 Å². The van der Waals surface area contributed by atoms with Crippen molar-refractivity contribution in [1.82, 2.24) is 4.98 Å². The number of rotatable bonds is 8. The van der Waals surface area contributed by atoms with Gasteiger partial charge < -0.3 is 9.84 Å². The maximum Gasteiger partial charge on any atom is 0.338 e. The van der Waals surface area contributed by atoms with Crippen LogP contribution in [0.3, 0.4) is 0 Å². The van der Waals surface area contributed by atoms with Crippen LogP contribution in [-0.4, -0.2) is 31.6 Å². The van der Waals surface area contributed by atoms with Crippen molar-refractivity contribution >= 4 is 33.0 Å². The smallest absolute Gasteiger partial charge is 0.338 e. The minimum Gasteiger partial charge on any atom is -0.495 e. The number of carboxylic acid groups (broad SMARTS) is 1. The Hall–Kier alpha value is -3.90. The molecule has 6 rings (SSSR count). The highest BCUT2D eigenvalue weighted by Gasteiger charge is 2.41. The molecule has 2 unspecified atom stereocenters. The molecule has 2 bridgehead atoms. The fourth-order valence-corrected chi connectivity index (χ4v) is 9.66. The summed E-state index contributed by atoms with van der Waals surface area (Å²) in [6.45, 7) is 4.66. The zero-order chi connectivity index (χ0) is 33.0. The first-order chi connectivity index (χ1) is 21.8. The van der Waals surface area contributed by atoms with Crippen molar-refractivity contribution in [3.63, 3.8) is 0 Å². The molecule has 0 saturated heterocycles. The molecule has 2 N–H and O–H groups in total. The minimum atomic E-state index is -4.44. The third-order valence-electron chi connectivity index (χ3n) is 9.34. The summed E-state index contributed by atoms with van der Waals surface area (Å²) in [5.41, 5.74) is 0.596. The molecule has 242 valence electrons. The lowest BCUT2D eigenvalue weighted by atomic mass is 9.57. The molecule has 2 aliphatic carbocycles. The first-order valence-electron chi connectivity index (χ1n) is 15.0. The second-order valence-corrected chi connectivity index (χ2v) is 15.3. The lowest BCUT2D eigenvalue weighted by Gasteiger charge is -2.47. The van der Waals surface area contributed by atoms with Crippen LogP contribution in [0.5, 0.6) is 5.75 Å². The molecule has 4 aromatic rings. The molecule has 4 atom stereocenters. The van der Waals surface area contributed by atoms with Crippen molar-refractivity contribution < 1.29 is 36.2 Å². The Morgan fingerprint density at radius 2 is 1.63 bits per heavy atom. The van der Waals surface area contributed by atoms with Crippen LogP contribution in [-0.2, 0) is 15.4 Å². The Bertz CT molecular complexity index is 1910. The van der Waals surface area contributed by atoms with E-state index in [0.717, 1.165) is 60.5 Å². The average Bonchev–Trinajstić information content (AvgIpc) is 3.49. The van der Waals surface area contributed by atoms with Crippen molar-refractivity contribution in [2.45, 2.75) is 56.4 Å². The van der Waals surface area contributed by atoms with E-state index in [1.165, 1.54) is 37.0 Å². The number of aromatic nitrogens is 1. The molecule has 1 aromatic heterocycles. The van der Waals surface area contributed by atoms with Crippen LogP contribution in [0.4, 0.5) is 18.9 Å². The number of nitrogens with one attached hydrogen (secondary N) is 1. The molecule has 0 radical (unpaired) electrons. The molecule has 46 heavy (non-hydrogen) atoms. The lowest BCUT2D eigenvalue weighted by molar-refractivity contribution is 0.0691. The number of fused-ring (bicyclic) bond motifs is 2. The zero-order valence-corrected chi connectivity index (χ0v) is 27.1. The Balaban J connectivity index is 1.22. The predicted molar refractivity (Wildman–Crippen MR) is 170 cm³/mol. The average molecular weight is 671 g/mol. The van der Waals surface area contributed by atoms with Crippen LogP contribution in [0, 0.1) is 35.2 Å². The lowest BCUT2D eigenvalue weighted by Crippen LogP contribution is -2.38. The van der Waals surface area contributed by atoms with Crippen LogP contribution >= 0.6 is 11.3 Å². The molecule has 0 aliphatic heterocycles. The van der Waals surface area contributed by atoms with E-state index in [4.69, 9.17) is 9.84 Å². The quantitative estimate of drug-likeness (QED) is 0.195. The minimum absolute atomic E-state index is 0.0544. The van der Waals surface area contributed by atoms with E-state index in [1.807, 2.05) is 24.3 Å². The molecule has 3 aromatic carbocycles. The van der Waals surface area contributed by atoms with Crippen molar-refractivity contribution in [3.05, 3.63) is 82.5 Å². The first-order valence-corrected chi connectivity index (χ1v) is 17.3. The molecule has 0 spiro atoms. The zero-order valence-electron chi connectivity index (χ0n) is 25.4. The van der Waals surface area contributed by atoms with Crippen LogP contribution in [0.2, 0.25) is 0 Å². The topological polar surface area (TPSA) is 106 Å². The number of carbonyl (C=O) groups is 1. The van der Waals surface area contributed by atoms with Crippen LogP contribution in [0.25, 0.3) is 21.7 Å². The number of sulfonamides is 1. The molecule has 2 saturated carbocycles. The van der Waals surface area contributed by atoms with E-state index in [0.29, 0.717) is 11.6 Å². The van der Waals surface area contributed by atoms with Crippen molar-refractivity contribution in [2.75, 3.05) is 11.8 Å². The maximum absolute atomic E-state index is 15.5. The second kappa shape index (κ2) is 12.0. The summed E-state index contributed by atoms with van der Waals surface area (Å²) in [7, 11) is -3.28. The number of hydrogen-bond donors (Lipinski definition) is 2. The summed E-state index contributed by atoms with van der Waals surface area (Å²) < 4.78 is 78.4. The number of nitrogens with zero attached hydrogens (tertiary/aromatic N) is 1. The third kappa shape index (κ3) is 6.00. The summed E-state index contributed by atoms with van der Waals surface area (Å²) in [6, 6.07) is 12.0. The highest BCUT2D eigenvalue weighted by molar-refractivity contribution is 7.92. The Morgan fingerprint density at radius 3 is 2.26 bits per heavy atom. The molecule has 0 amide bonds. The van der Waals surface area contributed by atoms with E-state index in [1.54, 1.807) is 0 Å². The van der Waals surface area contributed by atoms with Gasteiger partial charge in [0.25, 0.3) is 10.0 Å². The molecular formula is C34H33F3N2O5S2. The van der Waals surface area contributed by atoms with Crippen LogP contribution < -0.4 is 9.46 Å². The van der Waals surface area contributed by atoms with Gasteiger partial charge in [-0.25, -0.2) is 22.9 Å². The number of carboxylic acids is 1. The van der Waals surface area contributed by atoms with Gasteiger partial charge in [0.05, 0.1) is 18.4 Å². The molecule has 12 heteroatoms. The van der Waals surface area contributed by atoms with Gasteiger partial charge in [0, 0.05) is 22.6 Å². The Kier molecular flexibility index (Phi) is 8.39. The van der Waals surface area contributed by atoms with Gasteiger partial charge in [0.15, 0.2) is 16.7 Å². The summed E-state index contributed by atoms with van der Waals surface area (Å²) in [6.07, 6.45) is 6.10. The van der Waals surface area contributed by atoms with Gasteiger partial charge in [0.1, 0.15) is 16.6 Å². The van der Waals surface area contributed by atoms with Gasteiger partial charge in [-0.3, -0.25) is 4.72 Å². The maximum atomic E-state index is 15.5. The van der Waals surface area contributed by atoms with Gasteiger partial charge in [-0.1, -0.05) is 44.2 Å². The number of halogens is 3. The predicted octanol–water partition coefficient (Wildman–Crippen LogP) is 8.51. The van der Waals surface area contributed by atoms with Gasteiger partial charge >= 0.3 is 5.97 Å². The van der Waals surface area contributed by atoms with Crippen LogP contribution in [0.1, 0.15) is 61.9 Å². The van der Waals surface area contributed by atoms with Crippen LogP contribution in [0.15, 0.2) is 58.9 Å². The van der Waals surface area contributed by atoms with E-state index in [2.05, 4.69) is 23.6 Å². The molecule has 1 heterocycles. The summed E-state index contributed by atoms with van der Waals surface area (Å²) in [5.74, 6) is -3.00. The number of anilines is 1. The normalized spacial score (nSPS) is 22.8. The Labute approximate surface area is 269 Å². The number of aromatic carboxylic acids is 1. The van der Waals surface area contributed by atoms with Crippen molar-refractivity contribution in [1.29, 1.82) is 0 Å². The Morgan fingerprint density at radius 1 is 1.00 bits per heavy atom. The highest BCUT2D eigenvalue weighted by Crippen LogP contribution is 2.51. The van der Waals surface area contributed by atoms with Gasteiger partial charge in [-0.05, 0) is 78.5 Å². The summed E-state index contributed by atoms with van der Waals surface area (Å²) >= 11 is 0.788. The number of benzene rings is 3. The van der Waals surface area contributed by atoms with E-state index in [9.17, 15) is 17.6 Å². The number of ether oxygens (including phenoxy) is 1. The fraction of sp³-hybridized carbons (Fsp3) is 0.353. The fourth-order valence-electron chi connectivity index (χ4n) is 7.48. The standard InChI is InChI=1S/C34H33F3N2O5S2/c1-18-10-19-12-20(11-18)16-34(2,15-19)22-6-4-21(5-7-22)23-8-9-24(31(37)30(23)36)32-38-29(17-45-32)46(42,43)39-27-14-26(35)25(33(40)41)13-28(27)44-3/h4-9,13-14,17-20,39H,10-12,15-16H2,1-3H3,(H,40,41)/t18-,19-,20?,34?/m0/s1. The monoisotopic (exact) mass is 670 g/mol.